The molecule has 178 valence electrons. The largest absolute Gasteiger partial charge is 0.365 e. The van der Waals surface area contributed by atoms with Crippen LogP contribution in [0.3, 0.4) is 0 Å². The monoisotopic (exact) mass is 472 g/mol. The molecule has 5 rings (SSSR count). The molecular weight excluding hydrogens is 449 g/mol. The fourth-order valence-electron chi connectivity index (χ4n) is 4.11. The van der Waals surface area contributed by atoms with E-state index >= 15 is 0 Å². The first kappa shape index (κ1) is 22.3. The molecule has 3 aromatic rings. The van der Waals surface area contributed by atoms with E-state index in [0.717, 1.165) is 0 Å². The van der Waals surface area contributed by atoms with Crippen molar-refractivity contribution in [2.75, 3.05) is 31.1 Å². The van der Waals surface area contributed by atoms with Gasteiger partial charge in [0.05, 0.1) is 17.2 Å². The standard InChI is InChI=1S/C23H23F3N6O2/c1-12-22(33)30-20-15(27-12)3-2-13(19(20)25)11-31-6-8-32(9-7-31)18-5-4-16(28-21(18)26)23(34)29-17-10-14(17)24/h2-5,14,17H,6-11H2,1H3,(H,29,34)(H,30,33)/t14-,17+/m0/s1. The van der Waals surface area contributed by atoms with E-state index < -0.39 is 35.4 Å². The summed E-state index contributed by atoms with van der Waals surface area (Å²) in [4.78, 5) is 38.2. The summed E-state index contributed by atoms with van der Waals surface area (Å²) in [6.07, 6.45) is -0.774. The lowest BCUT2D eigenvalue weighted by atomic mass is 10.1. The van der Waals surface area contributed by atoms with Crippen LogP contribution in [-0.2, 0) is 6.54 Å². The van der Waals surface area contributed by atoms with Gasteiger partial charge in [-0.25, -0.2) is 18.7 Å². The first-order valence-electron chi connectivity index (χ1n) is 11.1. The van der Waals surface area contributed by atoms with Gasteiger partial charge in [0.25, 0.3) is 11.5 Å². The van der Waals surface area contributed by atoms with Gasteiger partial charge in [-0.2, -0.15) is 4.39 Å². The van der Waals surface area contributed by atoms with E-state index in [1.807, 2.05) is 9.80 Å². The Morgan fingerprint density at radius 2 is 1.88 bits per heavy atom. The number of aryl methyl sites for hydroxylation is 1. The third kappa shape index (κ3) is 4.35. The lowest BCUT2D eigenvalue weighted by Crippen LogP contribution is -2.46. The number of carbonyl (C=O) groups excluding carboxylic acids is 1. The number of piperazine rings is 1. The molecule has 34 heavy (non-hydrogen) atoms. The number of benzene rings is 1. The minimum absolute atomic E-state index is 0.0894. The maximum atomic E-state index is 15.0. The van der Waals surface area contributed by atoms with Crippen LogP contribution in [0.1, 0.15) is 28.2 Å². The average molecular weight is 472 g/mol. The number of hydrogen-bond acceptors (Lipinski definition) is 6. The Hall–Kier alpha value is -3.47. The number of rotatable bonds is 5. The number of nitrogens with one attached hydrogen (secondary N) is 2. The quantitative estimate of drug-likeness (QED) is 0.553. The average Bonchev–Trinajstić information content (AvgIpc) is 3.51. The van der Waals surface area contributed by atoms with Gasteiger partial charge in [0.1, 0.15) is 23.1 Å². The predicted octanol–water partition coefficient (Wildman–Crippen LogP) is 2.07. The van der Waals surface area contributed by atoms with Gasteiger partial charge in [-0.3, -0.25) is 14.5 Å². The zero-order valence-electron chi connectivity index (χ0n) is 18.4. The Labute approximate surface area is 192 Å². The molecule has 1 aromatic carbocycles. The number of halogens is 3. The molecule has 2 atom stereocenters. The van der Waals surface area contributed by atoms with Crippen LogP contribution in [0.5, 0.6) is 0 Å². The van der Waals surface area contributed by atoms with Crippen LogP contribution in [0.25, 0.3) is 11.0 Å². The van der Waals surface area contributed by atoms with E-state index in [9.17, 15) is 22.8 Å². The minimum Gasteiger partial charge on any atom is -0.365 e. The SMILES string of the molecule is Cc1nc2ccc(CN3CCN(c4ccc(C(=O)N[C@@H]5C[C@@H]5F)nc4F)CC3)c(F)c2[nH]c1=O. The predicted molar refractivity (Wildman–Crippen MR) is 120 cm³/mol. The van der Waals surface area contributed by atoms with Crippen molar-refractivity contribution >= 4 is 22.6 Å². The van der Waals surface area contributed by atoms with Crippen LogP contribution >= 0.6 is 0 Å². The normalized spacial score (nSPS) is 20.5. The van der Waals surface area contributed by atoms with Crippen molar-refractivity contribution in [1.29, 1.82) is 0 Å². The van der Waals surface area contributed by atoms with Crippen LogP contribution in [-0.4, -0.2) is 64.2 Å². The zero-order chi connectivity index (χ0) is 24.0. The number of carbonyl (C=O) groups is 1. The smallest absolute Gasteiger partial charge is 0.270 e. The fraction of sp³-hybridized carbons (Fsp3) is 0.391. The van der Waals surface area contributed by atoms with Gasteiger partial charge in [-0.1, -0.05) is 6.07 Å². The van der Waals surface area contributed by atoms with Gasteiger partial charge in [0.2, 0.25) is 5.95 Å². The van der Waals surface area contributed by atoms with Crippen LogP contribution in [0, 0.1) is 18.7 Å². The van der Waals surface area contributed by atoms with E-state index in [0.29, 0.717) is 43.8 Å². The molecule has 0 spiro atoms. The summed E-state index contributed by atoms with van der Waals surface area (Å²) in [5.74, 6) is -1.86. The minimum atomic E-state index is -1.05. The Bertz CT molecular complexity index is 1320. The molecule has 1 aliphatic carbocycles. The van der Waals surface area contributed by atoms with E-state index in [4.69, 9.17) is 0 Å². The first-order chi connectivity index (χ1) is 16.3. The number of anilines is 1. The molecule has 3 heterocycles. The van der Waals surface area contributed by atoms with Gasteiger partial charge >= 0.3 is 0 Å². The number of pyridine rings is 1. The number of alkyl halides is 1. The van der Waals surface area contributed by atoms with Crippen LogP contribution in [0.15, 0.2) is 29.1 Å². The first-order valence-corrected chi connectivity index (χ1v) is 11.1. The Morgan fingerprint density at radius 1 is 1.15 bits per heavy atom. The zero-order valence-corrected chi connectivity index (χ0v) is 18.4. The van der Waals surface area contributed by atoms with E-state index in [1.54, 1.807) is 19.1 Å². The third-order valence-corrected chi connectivity index (χ3v) is 6.25. The Kier molecular flexibility index (Phi) is 5.72. The molecule has 1 saturated carbocycles. The Morgan fingerprint density at radius 3 is 2.56 bits per heavy atom. The summed E-state index contributed by atoms with van der Waals surface area (Å²) >= 11 is 0. The van der Waals surface area contributed by atoms with Crippen molar-refractivity contribution < 1.29 is 18.0 Å². The number of H-pyrrole nitrogens is 1. The van der Waals surface area contributed by atoms with Gasteiger partial charge in [0, 0.05) is 44.7 Å². The molecule has 2 N–H and O–H groups in total. The fourth-order valence-corrected chi connectivity index (χ4v) is 4.11. The van der Waals surface area contributed by atoms with Gasteiger partial charge in [-0.15, -0.1) is 0 Å². The van der Waals surface area contributed by atoms with Crippen molar-refractivity contribution in [1.82, 2.24) is 25.2 Å². The summed E-state index contributed by atoms with van der Waals surface area (Å²) < 4.78 is 42.6. The van der Waals surface area contributed by atoms with Crippen molar-refractivity contribution in [2.24, 2.45) is 0 Å². The second kappa shape index (κ2) is 8.71. The summed E-state index contributed by atoms with van der Waals surface area (Å²) in [6, 6.07) is 5.76. The molecule has 11 heteroatoms. The van der Waals surface area contributed by atoms with Crippen LogP contribution in [0.4, 0.5) is 18.9 Å². The molecule has 0 bridgehead atoms. The van der Waals surface area contributed by atoms with Gasteiger partial charge in [-0.05, 0) is 25.1 Å². The highest BCUT2D eigenvalue weighted by Gasteiger charge is 2.39. The van der Waals surface area contributed by atoms with Gasteiger partial charge < -0.3 is 15.2 Å². The highest BCUT2D eigenvalue weighted by Crippen LogP contribution is 2.26. The maximum Gasteiger partial charge on any atom is 0.270 e. The Balaban J connectivity index is 1.23. The highest BCUT2D eigenvalue weighted by atomic mass is 19.1. The molecule has 2 aliphatic rings. The number of hydrogen-bond donors (Lipinski definition) is 2. The van der Waals surface area contributed by atoms with Crippen molar-refractivity contribution in [2.45, 2.75) is 32.1 Å². The van der Waals surface area contributed by atoms with E-state index in [-0.39, 0.29) is 29.0 Å². The molecule has 8 nitrogen and oxygen atoms in total. The summed E-state index contributed by atoms with van der Waals surface area (Å²) in [6.45, 7) is 4.00. The molecule has 1 saturated heterocycles. The highest BCUT2D eigenvalue weighted by molar-refractivity contribution is 5.93. The van der Waals surface area contributed by atoms with Gasteiger partial charge in [0.15, 0.2) is 5.82 Å². The van der Waals surface area contributed by atoms with Crippen molar-refractivity contribution in [3.8, 4) is 0 Å². The number of fused-ring (bicyclic) bond motifs is 1. The van der Waals surface area contributed by atoms with Crippen LogP contribution < -0.4 is 15.8 Å². The second-order valence-electron chi connectivity index (χ2n) is 8.69. The molecule has 1 aliphatic heterocycles. The number of aromatic nitrogens is 3. The maximum absolute atomic E-state index is 15.0. The molecule has 2 fully saturated rings. The van der Waals surface area contributed by atoms with E-state index in [1.165, 1.54) is 12.1 Å². The number of amides is 1. The molecular formula is C23H23F3N6O2. The number of aromatic amines is 1. The second-order valence-corrected chi connectivity index (χ2v) is 8.69. The molecule has 2 aromatic heterocycles. The molecule has 0 radical (unpaired) electrons. The molecule has 1 amide bonds. The number of nitrogens with zero attached hydrogens (tertiary/aromatic N) is 4. The third-order valence-electron chi connectivity index (χ3n) is 6.25. The van der Waals surface area contributed by atoms with Crippen molar-refractivity contribution in [3.63, 3.8) is 0 Å². The lowest BCUT2D eigenvalue weighted by Gasteiger charge is -2.36. The lowest BCUT2D eigenvalue weighted by molar-refractivity contribution is 0.0941. The van der Waals surface area contributed by atoms with Crippen LogP contribution in [0.2, 0.25) is 0 Å². The topological polar surface area (TPSA) is 94.2 Å². The summed E-state index contributed by atoms with van der Waals surface area (Å²) in [5.41, 5.74) is 0.975. The summed E-state index contributed by atoms with van der Waals surface area (Å²) in [7, 11) is 0. The summed E-state index contributed by atoms with van der Waals surface area (Å²) in [5, 5.41) is 2.48. The van der Waals surface area contributed by atoms with E-state index in [2.05, 4.69) is 20.3 Å². The van der Waals surface area contributed by atoms with Crippen molar-refractivity contribution in [3.05, 3.63) is 63.3 Å². The molecule has 0 unspecified atom stereocenters.